The van der Waals surface area contributed by atoms with Crippen molar-refractivity contribution in [1.82, 2.24) is 9.55 Å². The number of aliphatic carboxylic acids is 1. The first-order valence-corrected chi connectivity index (χ1v) is 11.7. The van der Waals surface area contributed by atoms with Crippen molar-refractivity contribution in [2.24, 2.45) is 11.8 Å². The number of carboxylic acid groups (broad SMARTS) is 1. The van der Waals surface area contributed by atoms with Crippen LogP contribution < -0.4 is 0 Å². The lowest BCUT2D eigenvalue weighted by atomic mass is 9.87. The Morgan fingerprint density at radius 2 is 1.94 bits per heavy atom. The molecular weight excluding hydrogens is 516 g/mol. The van der Waals surface area contributed by atoms with E-state index < -0.39 is 35.3 Å². The van der Waals surface area contributed by atoms with Crippen LogP contribution in [-0.2, 0) is 9.59 Å². The Balaban J connectivity index is 1.98. The molecule has 2 aromatic carbocycles. The Morgan fingerprint density at radius 3 is 2.55 bits per heavy atom. The van der Waals surface area contributed by atoms with Crippen LogP contribution >= 0.6 is 27.7 Å². The van der Waals surface area contributed by atoms with Gasteiger partial charge in [-0.15, -0.1) is 0 Å². The van der Waals surface area contributed by atoms with E-state index >= 15 is 0 Å². The van der Waals surface area contributed by atoms with Crippen molar-refractivity contribution in [3.8, 4) is 11.8 Å². The number of fused-ring (bicyclic) bond motifs is 1. The quantitative estimate of drug-likeness (QED) is 0.335. The van der Waals surface area contributed by atoms with Crippen LogP contribution in [0.15, 0.2) is 52.4 Å². The largest absolute Gasteiger partial charge is 0.481 e. The van der Waals surface area contributed by atoms with Gasteiger partial charge in [-0.25, -0.2) is 4.98 Å². The number of imidazole rings is 1. The number of Topliss-reactive ketones (excluding diaryl/α,β-unsaturated/α-hetero) is 1. The molecule has 33 heavy (non-hydrogen) atoms. The molecule has 0 bridgehead atoms. The maximum Gasteiger partial charge on any atom is 0.358 e. The molecule has 0 spiro atoms. The second-order valence-electron chi connectivity index (χ2n) is 7.56. The molecule has 2 unspecified atom stereocenters. The second kappa shape index (κ2) is 10.0. The van der Waals surface area contributed by atoms with Crippen LogP contribution in [0.3, 0.4) is 0 Å². The zero-order chi connectivity index (χ0) is 24.3. The molecule has 1 aromatic heterocycles. The lowest BCUT2D eigenvalue weighted by Crippen LogP contribution is -2.32. The van der Waals surface area contributed by atoms with Crippen molar-refractivity contribution in [3.63, 3.8) is 0 Å². The number of carbonyl (C=O) groups is 2. The number of nitriles is 1. The van der Waals surface area contributed by atoms with E-state index in [0.717, 1.165) is 0 Å². The summed E-state index contributed by atoms with van der Waals surface area (Å²) in [6.45, 7) is 3.37. The highest BCUT2D eigenvalue weighted by Crippen LogP contribution is 2.41. The lowest BCUT2D eigenvalue weighted by Gasteiger charge is -2.21. The SMILES string of the molecule is CCC(C)C(CC(=O)C(F)(F)Sc1ncc(Br)n1-c1ccc(C#N)c2ccccc12)C(=O)O. The molecule has 0 aliphatic carbocycles. The molecule has 0 aliphatic heterocycles. The van der Waals surface area contributed by atoms with Crippen molar-refractivity contribution in [2.45, 2.75) is 37.1 Å². The van der Waals surface area contributed by atoms with Crippen LogP contribution in [0.2, 0.25) is 0 Å². The Hall–Kier alpha value is -2.77. The molecule has 3 rings (SSSR count). The van der Waals surface area contributed by atoms with E-state index in [-0.39, 0.29) is 16.9 Å². The summed E-state index contributed by atoms with van der Waals surface area (Å²) in [5.74, 6) is -4.35. The molecule has 0 aliphatic rings. The fraction of sp³-hybridized carbons (Fsp3) is 0.304. The number of ketones is 1. The molecule has 0 saturated carbocycles. The van der Waals surface area contributed by atoms with Crippen LogP contribution in [0.25, 0.3) is 16.5 Å². The Bertz CT molecular complexity index is 1260. The predicted molar refractivity (Wildman–Crippen MR) is 124 cm³/mol. The molecule has 10 heteroatoms. The molecule has 0 saturated heterocycles. The van der Waals surface area contributed by atoms with Gasteiger partial charge in [-0.05, 0) is 45.7 Å². The minimum atomic E-state index is -3.88. The maximum absolute atomic E-state index is 14.9. The second-order valence-corrected chi connectivity index (χ2v) is 9.46. The number of alkyl halides is 2. The summed E-state index contributed by atoms with van der Waals surface area (Å²) in [6.07, 6.45) is 1.02. The number of carboxylic acids is 1. The van der Waals surface area contributed by atoms with Gasteiger partial charge in [0, 0.05) is 17.2 Å². The van der Waals surface area contributed by atoms with Gasteiger partial charge in [0.1, 0.15) is 4.60 Å². The molecule has 6 nitrogen and oxygen atoms in total. The molecule has 0 fully saturated rings. The van der Waals surface area contributed by atoms with Gasteiger partial charge in [0.2, 0.25) is 5.78 Å². The van der Waals surface area contributed by atoms with Crippen LogP contribution in [-0.4, -0.2) is 31.7 Å². The van der Waals surface area contributed by atoms with Crippen LogP contribution in [0, 0.1) is 23.2 Å². The smallest absolute Gasteiger partial charge is 0.358 e. The first kappa shape index (κ1) is 24.9. The Kier molecular flexibility index (Phi) is 7.55. The molecule has 3 aromatic rings. The summed E-state index contributed by atoms with van der Waals surface area (Å²) in [7, 11) is 0. The van der Waals surface area contributed by atoms with Gasteiger partial charge in [-0.1, -0.05) is 44.5 Å². The van der Waals surface area contributed by atoms with Crippen molar-refractivity contribution in [1.29, 1.82) is 5.26 Å². The van der Waals surface area contributed by atoms with Gasteiger partial charge in [0.25, 0.3) is 0 Å². The molecule has 1 N–H and O–H groups in total. The summed E-state index contributed by atoms with van der Waals surface area (Å²) < 4.78 is 31.7. The van der Waals surface area contributed by atoms with Gasteiger partial charge in [0.05, 0.1) is 29.4 Å². The minimum Gasteiger partial charge on any atom is -0.481 e. The molecular formula is C23H20BrF2N3O3S. The first-order chi connectivity index (χ1) is 15.6. The van der Waals surface area contributed by atoms with E-state index in [9.17, 15) is 28.7 Å². The highest BCUT2D eigenvalue weighted by atomic mass is 79.9. The predicted octanol–water partition coefficient (Wildman–Crippen LogP) is 6.05. The van der Waals surface area contributed by atoms with Crippen LogP contribution in [0.5, 0.6) is 0 Å². The van der Waals surface area contributed by atoms with Gasteiger partial charge in [-0.2, -0.15) is 14.0 Å². The average Bonchev–Trinajstić information content (AvgIpc) is 3.14. The number of nitrogens with zero attached hydrogens (tertiary/aromatic N) is 3. The van der Waals surface area contributed by atoms with Crippen LogP contribution in [0.4, 0.5) is 8.78 Å². The Labute approximate surface area is 201 Å². The third kappa shape index (κ3) is 5.09. The monoisotopic (exact) mass is 535 g/mol. The summed E-state index contributed by atoms with van der Waals surface area (Å²) in [5, 5.41) is 16.0. The van der Waals surface area contributed by atoms with Gasteiger partial charge < -0.3 is 5.11 Å². The standard InChI is InChI=1S/C23H20BrF2N3O3S/c1-3-13(2)17(21(31)32)10-19(30)23(25,26)33-22-28-12-20(24)29(22)18-9-8-14(11-27)15-6-4-5-7-16(15)18/h4-9,12-13,17H,3,10H2,1-2H3,(H,31,32). The number of aromatic nitrogens is 2. The number of carbonyl (C=O) groups excluding carboxylic acids is 1. The number of rotatable bonds is 9. The van der Waals surface area contributed by atoms with Crippen molar-refractivity contribution in [2.75, 3.05) is 0 Å². The summed E-state index contributed by atoms with van der Waals surface area (Å²) >= 11 is 3.29. The summed E-state index contributed by atoms with van der Waals surface area (Å²) in [4.78, 5) is 28.0. The molecule has 0 radical (unpaired) electrons. The fourth-order valence-corrected chi connectivity index (χ4v) is 4.89. The van der Waals surface area contributed by atoms with E-state index in [1.807, 2.05) is 0 Å². The van der Waals surface area contributed by atoms with E-state index in [4.69, 9.17) is 0 Å². The lowest BCUT2D eigenvalue weighted by molar-refractivity contribution is -0.148. The third-order valence-electron chi connectivity index (χ3n) is 5.55. The van der Waals surface area contributed by atoms with E-state index in [2.05, 4.69) is 27.0 Å². The van der Waals surface area contributed by atoms with Crippen molar-refractivity contribution in [3.05, 3.63) is 52.8 Å². The van der Waals surface area contributed by atoms with E-state index in [0.29, 0.717) is 33.0 Å². The van der Waals surface area contributed by atoms with Gasteiger partial charge >= 0.3 is 11.2 Å². The highest BCUT2D eigenvalue weighted by molar-refractivity contribution is 9.10. The van der Waals surface area contributed by atoms with Crippen LogP contribution in [0.1, 0.15) is 32.3 Å². The first-order valence-electron chi connectivity index (χ1n) is 10.1. The summed E-state index contributed by atoms with van der Waals surface area (Å²) in [5.41, 5.74) is 0.938. The van der Waals surface area contributed by atoms with Gasteiger partial charge in [0.15, 0.2) is 5.16 Å². The van der Waals surface area contributed by atoms with Gasteiger partial charge in [-0.3, -0.25) is 14.2 Å². The maximum atomic E-state index is 14.9. The van der Waals surface area contributed by atoms with Crippen molar-refractivity contribution < 1.29 is 23.5 Å². The Morgan fingerprint density at radius 1 is 1.27 bits per heavy atom. The summed E-state index contributed by atoms with van der Waals surface area (Å²) in [6, 6.07) is 12.4. The molecule has 1 heterocycles. The number of benzene rings is 2. The number of thioether (sulfide) groups is 1. The van der Waals surface area contributed by atoms with E-state index in [1.165, 1.54) is 10.8 Å². The molecule has 172 valence electrons. The average molecular weight is 536 g/mol. The third-order valence-corrected chi connectivity index (χ3v) is 7.06. The molecule has 0 amide bonds. The molecule has 2 atom stereocenters. The zero-order valence-electron chi connectivity index (χ0n) is 17.8. The highest BCUT2D eigenvalue weighted by Gasteiger charge is 2.44. The topological polar surface area (TPSA) is 96.0 Å². The number of hydrogen-bond donors (Lipinski definition) is 1. The fourth-order valence-electron chi connectivity index (χ4n) is 3.49. The minimum absolute atomic E-state index is 0.0312. The zero-order valence-corrected chi connectivity index (χ0v) is 20.2. The number of halogens is 3. The normalized spacial score (nSPS) is 13.5. The number of hydrogen-bond acceptors (Lipinski definition) is 5. The van der Waals surface area contributed by atoms with Crippen molar-refractivity contribution >= 4 is 50.2 Å². The van der Waals surface area contributed by atoms with E-state index in [1.54, 1.807) is 50.2 Å².